The summed E-state index contributed by atoms with van der Waals surface area (Å²) >= 11 is 0. The maximum absolute atomic E-state index is 3.36. The second-order valence-corrected chi connectivity index (χ2v) is 12.2. The van der Waals surface area contributed by atoms with Gasteiger partial charge in [-0.25, -0.2) is 0 Å². The fourth-order valence-corrected chi connectivity index (χ4v) is 7.12. The Kier molecular flexibility index (Phi) is 7.61. The van der Waals surface area contributed by atoms with Gasteiger partial charge in [-0.1, -0.05) is 171 Å². The first-order chi connectivity index (χ1) is 23.7. The summed E-state index contributed by atoms with van der Waals surface area (Å²) in [5, 5.41) is 12.9. The molecule has 0 bridgehead atoms. The van der Waals surface area contributed by atoms with Crippen LogP contribution in [0, 0.1) is 0 Å². The molecule has 0 nitrogen and oxygen atoms in total. The van der Waals surface area contributed by atoms with E-state index < -0.39 is 0 Å². The molecule has 48 heavy (non-hydrogen) atoms. The molecular formula is C48H34. The lowest BCUT2D eigenvalue weighted by Crippen LogP contribution is -1.90. The highest BCUT2D eigenvalue weighted by Crippen LogP contribution is 2.44. The maximum atomic E-state index is 3.36. The Balaban J connectivity index is 0.000000799. The van der Waals surface area contributed by atoms with E-state index in [2.05, 4.69) is 183 Å². The van der Waals surface area contributed by atoms with Gasteiger partial charge in [-0.2, -0.15) is 0 Å². The van der Waals surface area contributed by atoms with Crippen molar-refractivity contribution in [2.24, 2.45) is 0 Å². The first-order valence-electron chi connectivity index (χ1n) is 16.4. The molecule has 0 saturated carbocycles. The van der Waals surface area contributed by atoms with E-state index in [1.54, 1.807) is 12.2 Å². The number of allylic oxidation sites excluding steroid dienone is 2. The third-order valence-corrected chi connectivity index (χ3v) is 9.35. The standard InChI is InChI=1S/C44H28.C4H6/c1-2-12-30(13-3-1)41-27-36-28-42(35-17-10-16-33(26-35)34-22-21-29-11-4-5-15-32(29)25-34)38-19-8-9-20-39(38)43(36)44-37-18-7-6-14-31(37)23-24-40(41)44;1-3-4-2/h1-28H;3-4H,1-2H2. The Bertz CT molecular complexity index is 2630. The quantitative estimate of drug-likeness (QED) is 0.137. The van der Waals surface area contributed by atoms with E-state index in [1.165, 1.54) is 87.2 Å². The second-order valence-electron chi connectivity index (χ2n) is 12.2. The zero-order valence-corrected chi connectivity index (χ0v) is 26.7. The van der Waals surface area contributed by atoms with E-state index >= 15 is 0 Å². The smallest absolute Gasteiger partial charge is 0.00143 e. The summed E-state index contributed by atoms with van der Waals surface area (Å²) in [6.45, 7) is 6.72. The predicted molar refractivity (Wildman–Crippen MR) is 211 cm³/mol. The van der Waals surface area contributed by atoms with Crippen LogP contribution >= 0.6 is 0 Å². The van der Waals surface area contributed by atoms with Gasteiger partial charge in [0, 0.05) is 0 Å². The molecule has 0 spiro atoms. The van der Waals surface area contributed by atoms with Crippen molar-refractivity contribution in [2.75, 3.05) is 0 Å². The van der Waals surface area contributed by atoms with Gasteiger partial charge < -0.3 is 0 Å². The molecule has 0 aromatic heterocycles. The summed E-state index contributed by atoms with van der Waals surface area (Å²) in [5.41, 5.74) is 7.46. The van der Waals surface area contributed by atoms with Crippen LogP contribution in [-0.2, 0) is 0 Å². The summed E-state index contributed by atoms with van der Waals surface area (Å²) in [4.78, 5) is 0. The van der Waals surface area contributed by atoms with E-state index in [-0.39, 0.29) is 0 Å². The fraction of sp³-hybridized carbons (Fsp3) is 0. The molecule has 0 heteroatoms. The average molecular weight is 611 g/mol. The van der Waals surface area contributed by atoms with Crippen LogP contribution in [0.1, 0.15) is 0 Å². The van der Waals surface area contributed by atoms with E-state index in [1.807, 2.05) is 0 Å². The topological polar surface area (TPSA) is 0 Å². The number of fused-ring (bicyclic) bond motifs is 8. The number of benzene rings is 9. The first-order valence-corrected chi connectivity index (χ1v) is 16.4. The summed E-state index contributed by atoms with van der Waals surface area (Å²) in [7, 11) is 0. The Morgan fingerprint density at radius 3 is 1.62 bits per heavy atom. The zero-order chi connectivity index (χ0) is 32.5. The van der Waals surface area contributed by atoms with Crippen LogP contribution in [-0.4, -0.2) is 0 Å². The molecule has 0 aliphatic rings. The van der Waals surface area contributed by atoms with Crippen molar-refractivity contribution in [3.05, 3.63) is 195 Å². The summed E-state index contributed by atoms with van der Waals surface area (Å²) < 4.78 is 0. The van der Waals surface area contributed by atoms with Crippen molar-refractivity contribution in [1.82, 2.24) is 0 Å². The van der Waals surface area contributed by atoms with Gasteiger partial charge in [0.15, 0.2) is 0 Å². The highest BCUT2D eigenvalue weighted by molar-refractivity contribution is 6.31. The lowest BCUT2D eigenvalue weighted by Gasteiger charge is -2.18. The van der Waals surface area contributed by atoms with Gasteiger partial charge in [-0.05, 0) is 112 Å². The van der Waals surface area contributed by atoms with Crippen molar-refractivity contribution in [3.63, 3.8) is 0 Å². The van der Waals surface area contributed by atoms with Crippen LogP contribution in [0.25, 0.3) is 87.2 Å². The minimum atomic E-state index is 1.23. The molecule has 0 N–H and O–H groups in total. The summed E-state index contributed by atoms with van der Waals surface area (Å²) in [6, 6.07) is 62.4. The fourth-order valence-electron chi connectivity index (χ4n) is 7.12. The van der Waals surface area contributed by atoms with Crippen LogP contribution < -0.4 is 0 Å². The van der Waals surface area contributed by atoms with Crippen LogP contribution in [0.15, 0.2) is 195 Å². The Morgan fingerprint density at radius 1 is 0.292 bits per heavy atom. The van der Waals surface area contributed by atoms with Crippen molar-refractivity contribution < 1.29 is 0 Å². The third kappa shape index (κ3) is 5.14. The van der Waals surface area contributed by atoms with Crippen molar-refractivity contribution in [1.29, 1.82) is 0 Å². The van der Waals surface area contributed by atoms with E-state index in [0.29, 0.717) is 0 Å². The highest BCUT2D eigenvalue weighted by Gasteiger charge is 2.16. The van der Waals surface area contributed by atoms with E-state index in [0.717, 1.165) is 0 Å². The van der Waals surface area contributed by atoms with E-state index in [9.17, 15) is 0 Å². The number of hydrogen-bond donors (Lipinski definition) is 0. The molecule has 0 aliphatic heterocycles. The lowest BCUT2D eigenvalue weighted by atomic mass is 9.85. The van der Waals surface area contributed by atoms with Crippen molar-refractivity contribution in [2.45, 2.75) is 0 Å². The minimum absolute atomic E-state index is 1.23. The molecule has 0 saturated heterocycles. The minimum Gasteiger partial charge on any atom is -0.0991 e. The monoisotopic (exact) mass is 610 g/mol. The molecule has 0 fully saturated rings. The maximum Gasteiger partial charge on any atom is -0.00143 e. The molecule has 0 heterocycles. The summed E-state index contributed by atoms with van der Waals surface area (Å²) in [6.07, 6.45) is 3.28. The molecule has 226 valence electrons. The van der Waals surface area contributed by atoms with Crippen molar-refractivity contribution >= 4 is 53.9 Å². The van der Waals surface area contributed by atoms with Gasteiger partial charge >= 0.3 is 0 Å². The third-order valence-electron chi connectivity index (χ3n) is 9.35. The predicted octanol–water partition coefficient (Wildman–Crippen LogP) is 13.8. The van der Waals surface area contributed by atoms with E-state index in [4.69, 9.17) is 0 Å². The Labute approximate surface area is 281 Å². The number of hydrogen-bond acceptors (Lipinski definition) is 0. The molecule has 9 aromatic rings. The SMILES string of the molecule is C=CC=C.c1ccc(-c2cc3cc(-c4cccc(-c5ccc6ccccc6c5)c4)c4ccccc4c3c3c2ccc2ccccc23)cc1. The van der Waals surface area contributed by atoms with Gasteiger partial charge in [-0.3, -0.25) is 0 Å². The normalized spacial score (nSPS) is 11.1. The zero-order valence-electron chi connectivity index (χ0n) is 26.7. The second kappa shape index (κ2) is 12.5. The Hall–Kier alpha value is -6.24. The molecule has 9 rings (SSSR count). The van der Waals surface area contributed by atoms with Crippen LogP contribution in [0.4, 0.5) is 0 Å². The van der Waals surface area contributed by atoms with Gasteiger partial charge in [0.1, 0.15) is 0 Å². The van der Waals surface area contributed by atoms with Gasteiger partial charge in [-0.15, -0.1) is 0 Å². The lowest BCUT2D eigenvalue weighted by molar-refractivity contribution is 1.62. The molecule has 0 unspecified atom stereocenters. The number of rotatable bonds is 4. The van der Waals surface area contributed by atoms with Gasteiger partial charge in [0.25, 0.3) is 0 Å². The molecule has 0 atom stereocenters. The Morgan fingerprint density at radius 2 is 0.854 bits per heavy atom. The molecule has 9 aromatic carbocycles. The van der Waals surface area contributed by atoms with Gasteiger partial charge in [0.05, 0.1) is 0 Å². The molecule has 0 amide bonds. The van der Waals surface area contributed by atoms with Crippen LogP contribution in [0.5, 0.6) is 0 Å². The molecule has 0 radical (unpaired) electrons. The molecular weight excluding hydrogens is 577 g/mol. The highest BCUT2D eigenvalue weighted by atomic mass is 14.2. The van der Waals surface area contributed by atoms with Crippen LogP contribution in [0.3, 0.4) is 0 Å². The largest absolute Gasteiger partial charge is 0.0991 e. The van der Waals surface area contributed by atoms with Crippen molar-refractivity contribution in [3.8, 4) is 33.4 Å². The summed E-state index contributed by atoms with van der Waals surface area (Å²) in [5.74, 6) is 0. The van der Waals surface area contributed by atoms with Gasteiger partial charge in [0.2, 0.25) is 0 Å². The molecule has 0 aliphatic carbocycles. The average Bonchev–Trinajstić information content (AvgIpc) is 3.17. The first kappa shape index (κ1) is 29.2. The van der Waals surface area contributed by atoms with Crippen LogP contribution in [0.2, 0.25) is 0 Å².